The second-order valence-corrected chi connectivity index (χ2v) is 10.1. The molecule has 1 heterocycles. The van der Waals surface area contributed by atoms with E-state index in [4.69, 9.17) is 0 Å². The summed E-state index contributed by atoms with van der Waals surface area (Å²) >= 11 is 0. The van der Waals surface area contributed by atoms with Crippen LogP contribution < -0.4 is 10.2 Å². The van der Waals surface area contributed by atoms with Gasteiger partial charge in [-0.3, -0.25) is 9.59 Å². The Hall–Kier alpha value is -3.54. The standard InChI is InChI=1S/C25H35N7O2/c1-10-31(11-2)17-12-13-19(20(14-17)27-16(3)33)28-29-22-18(15-26)21(24(4,5)6)30-32(22)23(34)25(7,8)9/h12-14H,10-11H2,1-9H3,(H,27,33). The van der Waals surface area contributed by atoms with E-state index in [2.05, 4.69) is 45.5 Å². The van der Waals surface area contributed by atoms with E-state index in [0.717, 1.165) is 18.8 Å². The number of anilines is 2. The summed E-state index contributed by atoms with van der Waals surface area (Å²) in [7, 11) is 0. The molecule has 2 rings (SSSR count). The highest BCUT2D eigenvalue weighted by Crippen LogP contribution is 2.36. The predicted molar refractivity (Wildman–Crippen MR) is 134 cm³/mol. The van der Waals surface area contributed by atoms with E-state index < -0.39 is 10.8 Å². The largest absolute Gasteiger partial charge is 0.372 e. The van der Waals surface area contributed by atoms with Crippen LogP contribution in [0.4, 0.5) is 22.9 Å². The van der Waals surface area contributed by atoms with Crippen LogP contribution in [0.3, 0.4) is 0 Å². The molecule has 1 N–H and O–H groups in total. The van der Waals surface area contributed by atoms with Crippen LogP contribution in [0, 0.1) is 16.7 Å². The topological polar surface area (TPSA) is 116 Å². The van der Waals surface area contributed by atoms with Gasteiger partial charge in [0.05, 0.1) is 11.4 Å². The van der Waals surface area contributed by atoms with Crippen molar-refractivity contribution < 1.29 is 9.59 Å². The fourth-order valence-corrected chi connectivity index (χ4v) is 3.38. The number of rotatable bonds is 6. The zero-order valence-electron chi connectivity index (χ0n) is 21.6. The first-order valence-corrected chi connectivity index (χ1v) is 11.4. The van der Waals surface area contributed by atoms with Crippen LogP contribution in [0.25, 0.3) is 0 Å². The lowest BCUT2D eigenvalue weighted by Crippen LogP contribution is -2.28. The van der Waals surface area contributed by atoms with Crippen molar-refractivity contribution in [3.8, 4) is 6.07 Å². The summed E-state index contributed by atoms with van der Waals surface area (Å²) in [5.74, 6) is -0.463. The third-order valence-electron chi connectivity index (χ3n) is 5.19. The Balaban J connectivity index is 2.70. The van der Waals surface area contributed by atoms with E-state index in [-0.39, 0.29) is 23.2 Å². The van der Waals surface area contributed by atoms with E-state index in [1.807, 2.05) is 32.9 Å². The van der Waals surface area contributed by atoms with Gasteiger partial charge in [-0.15, -0.1) is 10.2 Å². The third kappa shape index (κ3) is 5.87. The van der Waals surface area contributed by atoms with Crippen LogP contribution in [0.2, 0.25) is 0 Å². The van der Waals surface area contributed by atoms with E-state index in [1.54, 1.807) is 26.8 Å². The van der Waals surface area contributed by atoms with Crippen molar-refractivity contribution in [2.75, 3.05) is 23.3 Å². The minimum atomic E-state index is -0.745. The second-order valence-electron chi connectivity index (χ2n) is 10.1. The van der Waals surface area contributed by atoms with E-state index in [1.165, 1.54) is 11.6 Å². The molecule has 34 heavy (non-hydrogen) atoms. The molecule has 0 aliphatic rings. The summed E-state index contributed by atoms with van der Waals surface area (Å²) in [4.78, 5) is 27.1. The number of hydrogen-bond donors (Lipinski definition) is 1. The van der Waals surface area contributed by atoms with Crippen LogP contribution in [-0.2, 0) is 10.2 Å². The number of nitrogens with zero attached hydrogens (tertiary/aromatic N) is 6. The number of nitrogens with one attached hydrogen (secondary N) is 1. The molecular formula is C25H35N7O2. The fourth-order valence-electron chi connectivity index (χ4n) is 3.38. The highest BCUT2D eigenvalue weighted by atomic mass is 16.2. The summed E-state index contributed by atoms with van der Waals surface area (Å²) in [6.45, 7) is 18.3. The summed E-state index contributed by atoms with van der Waals surface area (Å²) in [6, 6.07) is 7.65. The maximum absolute atomic E-state index is 13.1. The Bertz CT molecular complexity index is 1140. The first-order valence-electron chi connectivity index (χ1n) is 11.4. The van der Waals surface area contributed by atoms with Crippen molar-refractivity contribution in [3.05, 3.63) is 29.5 Å². The number of aromatic nitrogens is 2. The number of carbonyl (C=O) groups is 2. The van der Waals surface area contributed by atoms with Gasteiger partial charge in [-0.05, 0) is 32.0 Å². The number of nitriles is 1. The molecule has 0 aliphatic carbocycles. The number of carbonyl (C=O) groups excluding carboxylic acids is 2. The molecule has 0 spiro atoms. The molecule has 0 saturated carbocycles. The number of benzene rings is 1. The van der Waals surface area contributed by atoms with Gasteiger partial charge in [-0.25, -0.2) is 0 Å². The smallest absolute Gasteiger partial charge is 0.254 e. The Labute approximate surface area is 201 Å². The number of amides is 1. The van der Waals surface area contributed by atoms with Gasteiger partial charge in [0.15, 0.2) is 5.82 Å². The maximum atomic E-state index is 13.1. The fraction of sp³-hybridized carbons (Fsp3) is 0.520. The molecule has 1 aromatic carbocycles. The first kappa shape index (κ1) is 26.7. The third-order valence-corrected chi connectivity index (χ3v) is 5.19. The molecule has 0 bridgehead atoms. The molecule has 1 amide bonds. The SMILES string of the molecule is CCN(CC)c1ccc(N=Nc2c(C#N)c(C(C)(C)C)nn2C(=O)C(C)(C)C)c(NC(C)=O)c1. The van der Waals surface area contributed by atoms with Gasteiger partial charge >= 0.3 is 0 Å². The van der Waals surface area contributed by atoms with Crippen LogP contribution in [0.5, 0.6) is 0 Å². The zero-order valence-corrected chi connectivity index (χ0v) is 21.6. The average molecular weight is 466 g/mol. The zero-order chi connectivity index (χ0) is 25.8. The molecule has 0 aliphatic heterocycles. The Morgan fingerprint density at radius 2 is 1.74 bits per heavy atom. The van der Waals surface area contributed by atoms with Crippen LogP contribution in [-0.4, -0.2) is 34.7 Å². The molecule has 0 fully saturated rings. The van der Waals surface area contributed by atoms with Crippen molar-refractivity contribution in [1.82, 2.24) is 9.78 Å². The molecule has 9 heteroatoms. The van der Waals surface area contributed by atoms with Crippen LogP contribution in [0.15, 0.2) is 28.4 Å². The maximum Gasteiger partial charge on any atom is 0.254 e. The second kappa shape index (κ2) is 10.2. The van der Waals surface area contributed by atoms with Crippen LogP contribution in [0.1, 0.15) is 78.4 Å². The minimum absolute atomic E-state index is 0.0777. The molecule has 0 saturated heterocycles. The Morgan fingerprint density at radius 3 is 2.21 bits per heavy atom. The summed E-state index contributed by atoms with van der Waals surface area (Å²) < 4.78 is 1.17. The number of azo groups is 1. The molecular weight excluding hydrogens is 430 g/mol. The van der Waals surface area contributed by atoms with Crippen LogP contribution >= 0.6 is 0 Å². The van der Waals surface area contributed by atoms with Gasteiger partial charge in [0, 0.05) is 36.5 Å². The van der Waals surface area contributed by atoms with Gasteiger partial charge < -0.3 is 10.2 Å². The van der Waals surface area contributed by atoms with Crippen molar-refractivity contribution in [3.63, 3.8) is 0 Å². The van der Waals surface area contributed by atoms with E-state index >= 15 is 0 Å². The number of hydrogen-bond acceptors (Lipinski definition) is 7. The molecule has 2 aromatic rings. The Kier molecular flexibility index (Phi) is 7.98. The summed E-state index contributed by atoms with van der Waals surface area (Å²) in [6.07, 6.45) is 0. The normalized spacial score (nSPS) is 12.0. The molecule has 182 valence electrons. The van der Waals surface area contributed by atoms with Gasteiger partial charge in [-0.1, -0.05) is 41.5 Å². The van der Waals surface area contributed by atoms with Gasteiger partial charge in [0.1, 0.15) is 17.3 Å². The summed E-state index contributed by atoms with van der Waals surface area (Å²) in [5, 5.41) is 25.8. The monoisotopic (exact) mass is 465 g/mol. The Morgan fingerprint density at radius 1 is 1.12 bits per heavy atom. The highest BCUT2D eigenvalue weighted by molar-refractivity contribution is 5.93. The molecule has 0 radical (unpaired) electrons. The lowest BCUT2D eigenvalue weighted by Gasteiger charge is -2.22. The van der Waals surface area contributed by atoms with Crippen molar-refractivity contribution >= 4 is 34.7 Å². The van der Waals surface area contributed by atoms with Crippen molar-refractivity contribution in [1.29, 1.82) is 5.26 Å². The predicted octanol–water partition coefficient (Wildman–Crippen LogP) is 5.96. The van der Waals surface area contributed by atoms with Crippen molar-refractivity contribution in [2.24, 2.45) is 15.6 Å². The molecule has 9 nitrogen and oxygen atoms in total. The van der Waals surface area contributed by atoms with Gasteiger partial charge in [-0.2, -0.15) is 15.0 Å². The highest BCUT2D eigenvalue weighted by Gasteiger charge is 2.33. The lowest BCUT2D eigenvalue weighted by atomic mass is 9.90. The molecule has 0 unspecified atom stereocenters. The summed E-state index contributed by atoms with van der Waals surface area (Å²) in [5.41, 5.74) is 1.28. The van der Waals surface area contributed by atoms with E-state index in [0.29, 0.717) is 17.1 Å². The van der Waals surface area contributed by atoms with Gasteiger partial charge in [0.25, 0.3) is 5.91 Å². The minimum Gasteiger partial charge on any atom is -0.372 e. The quantitative estimate of drug-likeness (QED) is 0.529. The lowest BCUT2D eigenvalue weighted by molar-refractivity contribution is -0.114. The first-order chi connectivity index (χ1) is 15.7. The van der Waals surface area contributed by atoms with Gasteiger partial charge in [0.2, 0.25) is 5.91 Å². The van der Waals surface area contributed by atoms with E-state index in [9.17, 15) is 14.9 Å². The molecule has 1 aromatic heterocycles. The average Bonchev–Trinajstić information content (AvgIpc) is 3.11. The van der Waals surface area contributed by atoms with Crippen molar-refractivity contribution in [2.45, 2.75) is 67.7 Å². The molecule has 0 atom stereocenters.